The van der Waals surface area contributed by atoms with Crippen LogP contribution in [0.2, 0.25) is 0 Å². The third-order valence-corrected chi connectivity index (χ3v) is 1.02. The van der Waals surface area contributed by atoms with Crippen LogP contribution in [0.5, 0.6) is 0 Å². The van der Waals surface area contributed by atoms with Crippen molar-refractivity contribution in [3.63, 3.8) is 0 Å². The number of rotatable bonds is 2. The number of alkyl halides is 2. The molecule has 0 amide bonds. The van der Waals surface area contributed by atoms with E-state index in [1.54, 1.807) is 0 Å². The fraction of sp³-hybridized carbons (Fsp3) is 0.400. The van der Waals surface area contributed by atoms with Crippen LogP contribution in [0.25, 0.3) is 0 Å². The van der Waals surface area contributed by atoms with Crippen LogP contribution in [0, 0.1) is 0 Å². The van der Waals surface area contributed by atoms with E-state index < -0.39 is 18.7 Å². The highest BCUT2D eigenvalue weighted by Crippen LogP contribution is 2.20. The monoisotopic (exact) mass is 149 g/mol. The standard InChI is InChI=1S/C5H5F2NO2/c6-5(7)4-3(1-9)10-2-8-4/h2,5,9H,1H2. The molecule has 0 aliphatic heterocycles. The van der Waals surface area contributed by atoms with Crippen molar-refractivity contribution in [3.05, 3.63) is 17.8 Å². The second kappa shape index (κ2) is 2.74. The Bertz CT molecular complexity index is 211. The molecule has 0 bridgehead atoms. The molecule has 56 valence electrons. The quantitative estimate of drug-likeness (QED) is 0.684. The van der Waals surface area contributed by atoms with E-state index in [1.807, 2.05) is 0 Å². The third-order valence-electron chi connectivity index (χ3n) is 1.02. The van der Waals surface area contributed by atoms with Gasteiger partial charge < -0.3 is 9.52 Å². The lowest BCUT2D eigenvalue weighted by Crippen LogP contribution is -1.90. The van der Waals surface area contributed by atoms with Crippen molar-refractivity contribution >= 4 is 0 Å². The van der Waals surface area contributed by atoms with Crippen molar-refractivity contribution < 1.29 is 18.3 Å². The molecular formula is C5H5F2NO2. The predicted octanol–water partition coefficient (Wildman–Crippen LogP) is 1.10. The normalized spacial score (nSPS) is 10.8. The Balaban J connectivity index is 2.90. The summed E-state index contributed by atoms with van der Waals surface area (Å²) >= 11 is 0. The summed E-state index contributed by atoms with van der Waals surface area (Å²) in [7, 11) is 0. The van der Waals surface area contributed by atoms with E-state index >= 15 is 0 Å². The SMILES string of the molecule is OCc1ocnc1C(F)F. The van der Waals surface area contributed by atoms with Gasteiger partial charge in [0.2, 0.25) is 0 Å². The first-order valence-electron chi connectivity index (χ1n) is 2.57. The molecule has 0 unspecified atom stereocenters. The average molecular weight is 149 g/mol. The van der Waals surface area contributed by atoms with E-state index in [4.69, 9.17) is 5.11 Å². The van der Waals surface area contributed by atoms with Crippen LogP contribution in [0.3, 0.4) is 0 Å². The van der Waals surface area contributed by atoms with Crippen LogP contribution in [-0.2, 0) is 6.61 Å². The van der Waals surface area contributed by atoms with Crippen LogP contribution in [0.4, 0.5) is 8.78 Å². The Morgan fingerprint density at radius 3 is 2.80 bits per heavy atom. The van der Waals surface area contributed by atoms with Crippen molar-refractivity contribution in [2.45, 2.75) is 13.0 Å². The number of oxazole rings is 1. The first-order valence-corrected chi connectivity index (χ1v) is 2.57. The van der Waals surface area contributed by atoms with Gasteiger partial charge in [-0.15, -0.1) is 0 Å². The number of halogens is 2. The van der Waals surface area contributed by atoms with Gasteiger partial charge in [0, 0.05) is 0 Å². The van der Waals surface area contributed by atoms with Crippen molar-refractivity contribution in [2.75, 3.05) is 0 Å². The topological polar surface area (TPSA) is 46.3 Å². The summed E-state index contributed by atoms with van der Waals surface area (Å²) in [6, 6.07) is 0. The van der Waals surface area contributed by atoms with Gasteiger partial charge in [0.1, 0.15) is 6.61 Å². The summed E-state index contributed by atoms with van der Waals surface area (Å²) in [5.74, 6) is -0.171. The fourth-order valence-electron chi connectivity index (χ4n) is 0.575. The largest absolute Gasteiger partial charge is 0.446 e. The summed E-state index contributed by atoms with van der Waals surface area (Å²) in [6.07, 6.45) is -1.80. The zero-order chi connectivity index (χ0) is 7.56. The molecule has 1 heterocycles. The third kappa shape index (κ3) is 1.13. The lowest BCUT2D eigenvalue weighted by molar-refractivity contribution is 0.139. The highest BCUT2D eigenvalue weighted by atomic mass is 19.3. The molecule has 0 aliphatic rings. The minimum absolute atomic E-state index is 0.171. The molecule has 5 heteroatoms. The Morgan fingerprint density at radius 2 is 2.40 bits per heavy atom. The van der Waals surface area contributed by atoms with Crippen LogP contribution >= 0.6 is 0 Å². The van der Waals surface area contributed by atoms with Crippen molar-refractivity contribution in [1.82, 2.24) is 4.98 Å². The number of aliphatic hydroxyl groups is 1. The molecule has 0 aliphatic carbocycles. The summed E-state index contributed by atoms with van der Waals surface area (Å²) in [6.45, 7) is -0.542. The van der Waals surface area contributed by atoms with Gasteiger partial charge in [-0.05, 0) is 0 Å². The average Bonchev–Trinajstić information content (AvgIpc) is 2.33. The molecule has 10 heavy (non-hydrogen) atoms. The summed E-state index contributed by atoms with van der Waals surface area (Å²) in [5, 5.41) is 8.39. The summed E-state index contributed by atoms with van der Waals surface area (Å²) in [5.41, 5.74) is -0.484. The molecule has 0 fully saturated rings. The lowest BCUT2D eigenvalue weighted by atomic mass is 10.4. The van der Waals surface area contributed by atoms with Gasteiger partial charge in [0.25, 0.3) is 6.43 Å². The molecule has 1 N–H and O–H groups in total. The maximum atomic E-state index is 11.8. The van der Waals surface area contributed by atoms with E-state index in [0.717, 1.165) is 6.39 Å². The number of aromatic nitrogens is 1. The molecule has 0 saturated heterocycles. The highest BCUT2D eigenvalue weighted by molar-refractivity contribution is 5.06. The van der Waals surface area contributed by atoms with Crippen LogP contribution in [0.1, 0.15) is 17.9 Å². The summed E-state index contributed by atoms with van der Waals surface area (Å²) < 4.78 is 28.1. The fourth-order valence-corrected chi connectivity index (χ4v) is 0.575. The van der Waals surface area contributed by atoms with Crippen molar-refractivity contribution in [3.8, 4) is 0 Å². The van der Waals surface area contributed by atoms with Gasteiger partial charge in [-0.3, -0.25) is 0 Å². The number of aliphatic hydroxyl groups excluding tert-OH is 1. The van der Waals surface area contributed by atoms with Gasteiger partial charge in [-0.1, -0.05) is 0 Å². The Kier molecular flexibility index (Phi) is 1.96. The van der Waals surface area contributed by atoms with Crippen LogP contribution in [0.15, 0.2) is 10.8 Å². The maximum absolute atomic E-state index is 11.8. The molecule has 0 saturated carbocycles. The molecule has 1 aromatic rings. The predicted molar refractivity (Wildman–Crippen MR) is 27.4 cm³/mol. The summed E-state index contributed by atoms with van der Waals surface area (Å²) in [4.78, 5) is 3.21. The second-order valence-corrected chi connectivity index (χ2v) is 1.62. The highest BCUT2D eigenvalue weighted by Gasteiger charge is 2.16. The van der Waals surface area contributed by atoms with E-state index in [1.165, 1.54) is 0 Å². The van der Waals surface area contributed by atoms with Gasteiger partial charge >= 0.3 is 0 Å². The molecule has 0 atom stereocenters. The molecule has 1 aromatic heterocycles. The Labute approximate surface area is 55.3 Å². The molecular weight excluding hydrogens is 144 g/mol. The van der Waals surface area contributed by atoms with E-state index in [-0.39, 0.29) is 5.76 Å². The minimum Gasteiger partial charge on any atom is -0.446 e. The van der Waals surface area contributed by atoms with Gasteiger partial charge in [0.15, 0.2) is 17.8 Å². The lowest BCUT2D eigenvalue weighted by Gasteiger charge is -1.93. The van der Waals surface area contributed by atoms with Crippen molar-refractivity contribution in [2.24, 2.45) is 0 Å². The number of nitrogens with zero attached hydrogens (tertiary/aromatic N) is 1. The molecule has 0 aromatic carbocycles. The second-order valence-electron chi connectivity index (χ2n) is 1.62. The smallest absolute Gasteiger partial charge is 0.283 e. The molecule has 3 nitrogen and oxygen atoms in total. The molecule has 0 spiro atoms. The van der Waals surface area contributed by atoms with Gasteiger partial charge in [0.05, 0.1) is 0 Å². The Hall–Kier alpha value is -0.970. The minimum atomic E-state index is -2.68. The van der Waals surface area contributed by atoms with Crippen LogP contribution < -0.4 is 0 Å². The van der Waals surface area contributed by atoms with Gasteiger partial charge in [-0.25, -0.2) is 13.8 Å². The number of hydrogen-bond donors (Lipinski definition) is 1. The first kappa shape index (κ1) is 7.14. The maximum Gasteiger partial charge on any atom is 0.283 e. The zero-order valence-corrected chi connectivity index (χ0v) is 4.92. The van der Waals surface area contributed by atoms with E-state index in [2.05, 4.69) is 9.40 Å². The van der Waals surface area contributed by atoms with Crippen molar-refractivity contribution in [1.29, 1.82) is 0 Å². The Morgan fingerprint density at radius 1 is 1.70 bits per heavy atom. The zero-order valence-electron chi connectivity index (χ0n) is 4.92. The molecule has 1 rings (SSSR count). The molecule has 0 radical (unpaired) electrons. The van der Waals surface area contributed by atoms with E-state index in [0.29, 0.717) is 0 Å². The van der Waals surface area contributed by atoms with E-state index in [9.17, 15) is 8.78 Å². The first-order chi connectivity index (χ1) is 4.75. The van der Waals surface area contributed by atoms with Crippen LogP contribution in [-0.4, -0.2) is 10.1 Å². The number of hydrogen-bond acceptors (Lipinski definition) is 3. The van der Waals surface area contributed by atoms with Gasteiger partial charge in [-0.2, -0.15) is 0 Å².